The number of carbonyl (C=O) groups excluding carboxylic acids is 1. The molecule has 3 heterocycles. The van der Waals surface area contributed by atoms with Gasteiger partial charge in [-0.1, -0.05) is 0 Å². The van der Waals surface area contributed by atoms with E-state index in [0.29, 0.717) is 18.2 Å². The number of hydrogen-bond donors (Lipinski definition) is 2. The maximum Gasteiger partial charge on any atom is 0.268 e. The van der Waals surface area contributed by atoms with Crippen LogP contribution in [0.2, 0.25) is 0 Å². The van der Waals surface area contributed by atoms with Crippen molar-refractivity contribution in [1.82, 2.24) is 19.9 Å². The topological polar surface area (TPSA) is 83.3 Å². The van der Waals surface area contributed by atoms with Crippen LogP contribution in [0.1, 0.15) is 41.4 Å². The number of carbonyl (C=O) groups is 1. The summed E-state index contributed by atoms with van der Waals surface area (Å²) in [5.74, 6) is 1.22. The first-order chi connectivity index (χ1) is 12.1. The Balaban J connectivity index is 1.35. The molecular formula is C18H23N5O2. The van der Waals surface area contributed by atoms with Crippen LogP contribution in [0.4, 0.5) is 5.82 Å². The number of aliphatic hydroxyl groups is 1. The number of aromatic nitrogens is 3. The van der Waals surface area contributed by atoms with E-state index in [0.717, 1.165) is 37.3 Å². The van der Waals surface area contributed by atoms with Crippen LogP contribution in [0, 0.1) is 0 Å². The second kappa shape index (κ2) is 6.48. The molecule has 1 amide bonds. The van der Waals surface area contributed by atoms with Gasteiger partial charge in [0.2, 0.25) is 0 Å². The molecule has 7 nitrogen and oxygen atoms in total. The normalized spacial score (nSPS) is 25.7. The number of anilines is 1. The Morgan fingerprint density at radius 3 is 2.88 bits per heavy atom. The van der Waals surface area contributed by atoms with Crippen molar-refractivity contribution < 1.29 is 9.90 Å². The standard InChI is InChI=1S/C18H23N5O2/c1-22-5-2-3-16(22)18(25)21-13-7-12(8-13)15-9-17(20-11-19-15)23-6-4-14(24)10-23/h2-3,5,9,11-14,24H,4,6-8,10H2,1H3,(H,21,25). The highest BCUT2D eigenvalue weighted by Gasteiger charge is 2.33. The summed E-state index contributed by atoms with van der Waals surface area (Å²) in [6, 6.07) is 5.92. The van der Waals surface area contributed by atoms with Crippen LogP contribution in [0.15, 0.2) is 30.7 Å². The summed E-state index contributed by atoms with van der Waals surface area (Å²) in [6.07, 6.45) is 5.79. The number of nitrogens with one attached hydrogen (secondary N) is 1. The summed E-state index contributed by atoms with van der Waals surface area (Å²) >= 11 is 0. The van der Waals surface area contributed by atoms with Crippen LogP contribution >= 0.6 is 0 Å². The van der Waals surface area contributed by atoms with Crippen LogP contribution in [0.5, 0.6) is 0 Å². The smallest absolute Gasteiger partial charge is 0.268 e. The number of rotatable bonds is 4. The first-order valence-corrected chi connectivity index (χ1v) is 8.77. The lowest BCUT2D eigenvalue weighted by molar-refractivity contribution is 0.0900. The fraction of sp³-hybridized carbons (Fsp3) is 0.500. The average Bonchev–Trinajstić information content (AvgIpc) is 3.19. The Kier molecular flexibility index (Phi) is 4.17. The lowest BCUT2D eigenvalue weighted by Crippen LogP contribution is -2.44. The van der Waals surface area contributed by atoms with Gasteiger partial charge in [0, 0.05) is 50.1 Å². The van der Waals surface area contributed by atoms with Gasteiger partial charge in [-0.05, 0) is 31.4 Å². The highest BCUT2D eigenvalue weighted by atomic mass is 16.3. The third-order valence-corrected chi connectivity index (χ3v) is 5.23. The molecule has 2 fully saturated rings. The Morgan fingerprint density at radius 1 is 1.36 bits per heavy atom. The predicted octanol–water partition coefficient (Wildman–Crippen LogP) is 1.06. The zero-order chi connectivity index (χ0) is 17.4. The van der Waals surface area contributed by atoms with Gasteiger partial charge in [-0.3, -0.25) is 4.79 Å². The Hall–Kier alpha value is -2.41. The van der Waals surface area contributed by atoms with E-state index in [-0.39, 0.29) is 18.1 Å². The third-order valence-electron chi connectivity index (χ3n) is 5.23. The SMILES string of the molecule is Cn1cccc1C(=O)NC1CC(c2cc(N3CCC(O)C3)ncn2)C1. The predicted molar refractivity (Wildman–Crippen MR) is 93.5 cm³/mol. The monoisotopic (exact) mass is 341 g/mol. The molecule has 0 spiro atoms. The molecule has 0 aromatic carbocycles. The van der Waals surface area contributed by atoms with Gasteiger partial charge in [0.05, 0.1) is 6.10 Å². The second-order valence-corrected chi connectivity index (χ2v) is 7.03. The molecule has 2 aromatic rings. The molecule has 1 aliphatic heterocycles. The number of aryl methyl sites for hydroxylation is 1. The highest BCUT2D eigenvalue weighted by molar-refractivity contribution is 5.93. The van der Waals surface area contributed by atoms with Crippen molar-refractivity contribution >= 4 is 11.7 Å². The van der Waals surface area contributed by atoms with Gasteiger partial charge in [-0.15, -0.1) is 0 Å². The molecule has 1 saturated carbocycles. The second-order valence-electron chi connectivity index (χ2n) is 7.03. The molecule has 1 atom stereocenters. The Labute approximate surface area is 146 Å². The lowest BCUT2D eigenvalue weighted by atomic mass is 9.78. The quantitative estimate of drug-likeness (QED) is 0.869. The molecule has 1 saturated heterocycles. The fourth-order valence-corrected chi connectivity index (χ4v) is 3.64. The first-order valence-electron chi connectivity index (χ1n) is 8.77. The maximum absolute atomic E-state index is 12.2. The molecule has 1 unspecified atom stereocenters. The summed E-state index contributed by atoms with van der Waals surface area (Å²) in [5.41, 5.74) is 1.70. The van der Waals surface area contributed by atoms with Crippen molar-refractivity contribution in [3.05, 3.63) is 42.1 Å². The van der Waals surface area contributed by atoms with Gasteiger partial charge in [0.25, 0.3) is 5.91 Å². The Morgan fingerprint density at radius 2 is 2.20 bits per heavy atom. The van der Waals surface area contributed by atoms with Gasteiger partial charge in [-0.2, -0.15) is 0 Å². The summed E-state index contributed by atoms with van der Waals surface area (Å²) in [6.45, 7) is 1.47. The third kappa shape index (κ3) is 3.24. The van der Waals surface area contributed by atoms with Crippen LogP contribution in [0.25, 0.3) is 0 Å². The molecular weight excluding hydrogens is 318 g/mol. The number of hydrogen-bond acceptors (Lipinski definition) is 5. The van der Waals surface area contributed by atoms with Crippen molar-refractivity contribution in [3.63, 3.8) is 0 Å². The number of nitrogens with zero attached hydrogens (tertiary/aromatic N) is 4. The summed E-state index contributed by atoms with van der Waals surface area (Å²) in [7, 11) is 1.87. The molecule has 2 N–H and O–H groups in total. The molecule has 2 aromatic heterocycles. The zero-order valence-electron chi connectivity index (χ0n) is 14.3. The largest absolute Gasteiger partial charge is 0.391 e. The van der Waals surface area contributed by atoms with E-state index < -0.39 is 0 Å². The van der Waals surface area contributed by atoms with Crippen molar-refractivity contribution in [2.24, 2.45) is 7.05 Å². The van der Waals surface area contributed by atoms with Gasteiger partial charge in [0.15, 0.2) is 0 Å². The molecule has 0 bridgehead atoms. The molecule has 2 aliphatic rings. The van der Waals surface area contributed by atoms with E-state index in [1.54, 1.807) is 6.33 Å². The minimum atomic E-state index is -0.265. The molecule has 1 aliphatic carbocycles. The molecule has 4 rings (SSSR count). The average molecular weight is 341 g/mol. The van der Waals surface area contributed by atoms with Gasteiger partial charge >= 0.3 is 0 Å². The van der Waals surface area contributed by atoms with E-state index >= 15 is 0 Å². The van der Waals surface area contributed by atoms with Crippen LogP contribution in [0.3, 0.4) is 0 Å². The van der Waals surface area contributed by atoms with E-state index in [1.165, 1.54) is 0 Å². The summed E-state index contributed by atoms with van der Waals surface area (Å²) < 4.78 is 1.83. The summed E-state index contributed by atoms with van der Waals surface area (Å²) in [4.78, 5) is 23.1. The number of aliphatic hydroxyl groups excluding tert-OH is 1. The van der Waals surface area contributed by atoms with Crippen molar-refractivity contribution in [3.8, 4) is 0 Å². The van der Waals surface area contributed by atoms with E-state index in [4.69, 9.17) is 0 Å². The zero-order valence-corrected chi connectivity index (χ0v) is 14.3. The van der Waals surface area contributed by atoms with E-state index in [2.05, 4.69) is 20.2 Å². The van der Waals surface area contributed by atoms with Gasteiger partial charge < -0.3 is 19.9 Å². The lowest BCUT2D eigenvalue weighted by Gasteiger charge is -2.35. The van der Waals surface area contributed by atoms with Gasteiger partial charge in [-0.25, -0.2) is 9.97 Å². The molecule has 0 radical (unpaired) electrons. The summed E-state index contributed by atoms with van der Waals surface area (Å²) in [5, 5.41) is 12.8. The van der Waals surface area contributed by atoms with E-state index in [9.17, 15) is 9.90 Å². The molecule has 7 heteroatoms. The molecule has 132 valence electrons. The van der Waals surface area contributed by atoms with Crippen molar-refractivity contribution in [2.75, 3.05) is 18.0 Å². The van der Waals surface area contributed by atoms with Gasteiger partial charge in [0.1, 0.15) is 17.8 Å². The first kappa shape index (κ1) is 16.1. The highest BCUT2D eigenvalue weighted by Crippen LogP contribution is 2.37. The minimum Gasteiger partial charge on any atom is -0.391 e. The number of β-amino-alcohol motifs (C(OH)–C–C–N with tert-alkyl or cyclic N) is 1. The van der Waals surface area contributed by atoms with Crippen LogP contribution in [-0.2, 0) is 7.05 Å². The fourth-order valence-electron chi connectivity index (χ4n) is 3.64. The maximum atomic E-state index is 12.2. The number of amides is 1. The Bertz CT molecular complexity index is 768. The van der Waals surface area contributed by atoms with Crippen molar-refractivity contribution in [1.29, 1.82) is 0 Å². The van der Waals surface area contributed by atoms with Crippen molar-refractivity contribution in [2.45, 2.75) is 37.3 Å². The minimum absolute atomic E-state index is 0.0228. The molecule has 25 heavy (non-hydrogen) atoms. The van der Waals surface area contributed by atoms with Crippen LogP contribution in [-0.4, -0.2) is 50.8 Å². The van der Waals surface area contributed by atoms with Crippen LogP contribution < -0.4 is 10.2 Å². The van der Waals surface area contributed by atoms with E-state index in [1.807, 2.05) is 36.0 Å².